The molecule has 1 N–H and O–H groups in total. The van der Waals surface area contributed by atoms with Gasteiger partial charge in [0.05, 0.1) is 10.9 Å². The first kappa shape index (κ1) is 15.1. The third-order valence-electron chi connectivity index (χ3n) is 2.83. The van der Waals surface area contributed by atoms with Crippen molar-refractivity contribution in [3.63, 3.8) is 0 Å². The van der Waals surface area contributed by atoms with E-state index in [1.54, 1.807) is 18.2 Å². The van der Waals surface area contributed by atoms with Gasteiger partial charge in [-0.1, -0.05) is 30.4 Å². The van der Waals surface area contributed by atoms with Crippen molar-refractivity contribution in [2.24, 2.45) is 0 Å². The van der Waals surface area contributed by atoms with Crippen LogP contribution in [-0.2, 0) is 9.84 Å². The predicted octanol–water partition coefficient (Wildman–Crippen LogP) is 2.28. The fraction of sp³-hybridized carbons (Fsp3) is 0.385. The van der Waals surface area contributed by atoms with Crippen LogP contribution in [0.15, 0.2) is 29.2 Å². The van der Waals surface area contributed by atoms with Crippen molar-refractivity contribution in [1.82, 2.24) is 15.5 Å². The molecule has 7 heteroatoms. The molecule has 0 fully saturated rings. The van der Waals surface area contributed by atoms with E-state index in [2.05, 4.69) is 15.5 Å². The molecule has 2 aromatic rings. The van der Waals surface area contributed by atoms with Crippen LogP contribution in [0.1, 0.15) is 24.9 Å². The third-order valence-corrected chi connectivity index (χ3v) is 5.10. The molecule has 0 aliphatic heterocycles. The predicted molar refractivity (Wildman–Crippen MR) is 80.5 cm³/mol. The van der Waals surface area contributed by atoms with Crippen LogP contribution in [0.3, 0.4) is 0 Å². The van der Waals surface area contributed by atoms with Gasteiger partial charge in [0.2, 0.25) is 0 Å². The van der Waals surface area contributed by atoms with Crippen LogP contribution in [0.25, 0.3) is 10.6 Å². The molecule has 0 aliphatic rings. The van der Waals surface area contributed by atoms with E-state index in [9.17, 15) is 8.42 Å². The van der Waals surface area contributed by atoms with Crippen LogP contribution in [0.4, 0.5) is 0 Å². The SMILES string of the molecule is CCNC(C)c1nnc(-c2cccc(S(C)(=O)=O)c2)s1. The maximum atomic E-state index is 11.6. The van der Waals surface area contributed by atoms with E-state index in [0.29, 0.717) is 4.90 Å². The lowest BCUT2D eigenvalue weighted by atomic mass is 10.2. The van der Waals surface area contributed by atoms with E-state index in [1.165, 1.54) is 17.6 Å². The summed E-state index contributed by atoms with van der Waals surface area (Å²) in [5.74, 6) is 0. The molecule has 0 bridgehead atoms. The number of sulfone groups is 1. The number of nitrogens with zero attached hydrogens (tertiary/aromatic N) is 2. The molecule has 1 aromatic carbocycles. The van der Waals surface area contributed by atoms with Crippen molar-refractivity contribution in [2.45, 2.75) is 24.8 Å². The van der Waals surface area contributed by atoms with Gasteiger partial charge in [0, 0.05) is 11.8 Å². The smallest absolute Gasteiger partial charge is 0.175 e. The van der Waals surface area contributed by atoms with Gasteiger partial charge in [-0.3, -0.25) is 0 Å². The summed E-state index contributed by atoms with van der Waals surface area (Å²) in [5, 5.41) is 13.2. The average Bonchev–Trinajstić information content (AvgIpc) is 2.88. The van der Waals surface area contributed by atoms with Crippen LogP contribution in [-0.4, -0.2) is 31.4 Å². The Labute approximate surface area is 123 Å². The second-order valence-corrected chi connectivity index (χ2v) is 7.55. The molecular weight excluding hydrogens is 294 g/mol. The molecule has 0 saturated heterocycles. The summed E-state index contributed by atoms with van der Waals surface area (Å²) in [6, 6.07) is 6.93. The topological polar surface area (TPSA) is 72.0 Å². The number of nitrogens with one attached hydrogen (secondary N) is 1. The molecule has 20 heavy (non-hydrogen) atoms. The standard InChI is InChI=1S/C13H17N3O2S2/c1-4-14-9(2)12-15-16-13(19-12)10-6-5-7-11(8-10)20(3,17)18/h5-9,14H,4H2,1-3H3. The van der Waals surface area contributed by atoms with Gasteiger partial charge in [-0.05, 0) is 25.6 Å². The summed E-state index contributed by atoms with van der Waals surface area (Å²) in [7, 11) is -3.21. The highest BCUT2D eigenvalue weighted by molar-refractivity contribution is 7.90. The lowest BCUT2D eigenvalue weighted by Gasteiger charge is -2.06. The molecule has 0 amide bonds. The van der Waals surface area contributed by atoms with Gasteiger partial charge in [0.15, 0.2) is 9.84 Å². The van der Waals surface area contributed by atoms with E-state index in [4.69, 9.17) is 0 Å². The molecule has 0 saturated carbocycles. The highest BCUT2D eigenvalue weighted by atomic mass is 32.2. The molecular formula is C13H17N3O2S2. The molecule has 5 nitrogen and oxygen atoms in total. The van der Waals surface area contributed by atoms with E-state index >= 15 is 0 Å². The second-order valence-electron chi connectivity index (χ2n) is 4.52. The molecule has 108 valence electrons. The van der Waals surface area contributed by atoms with Gasteiger partial charge < -0.3 is 5.32 Å². The van der Waals surface area contributed by atoms with E-state index in [0.717, 1.165) is 22.1 Å². The molecule has 0 aliphatic carbocycles. The van der Waals surface area contributed by atoms with E-state index in [1.807, 2.05) is 19.9 Å². The first-order valence-corrected chi connectivity index (χ1v) is 9.00. The number of aromatic nitrogens is 2. The third kappa shape index (κ3) is 3.41. The van der Waals surface area contributed by atoms with Crippen molar-refractivity contribution in [3.8, 4) is 10.6 Å². The Kier molecular flexibility index (Phi) is 4.52. The molecule has 1 atom stereocenters. The molecule has 2 rings (SSSR count). The molecule has 1 heterocycles. The maximum absolute atomic E-state index is 11.6. The van der Waals surface area contributed by atoms with E-state index in [-0.39, 0.29) is 6.04 Å². The zero-order chi connectivity index (χ0) is 14.8. The van der Waals surface area contributed by atoms with Gasteiger partial charge in [-0.15, -0.1) is 10.2 Å². The van der Waals surface area contributed by atoms with Gasteiger partial charge in [0.25, 0.3) is 0 Å². The largest absolute Gasteiger partial charge is 0.308 e. The summed E-state index contributed by atoms with van der Waals surface area (Å²) in [6.07, 6.45) is 1.20. The zero-order valence-corrected chi connectivity index (χ0v) is 13.3. The number of rotatable bonds is 5. The van der Waals surface area contributed by atoms with Crippen LogP contribution < -0.4 is 5.32 Å². The average molecular weight is 311 g/mol. The van der Waals surface area contributed by atoms with Crippen LogP contribution >= 0.6 is 11.3 Å². The van der Waals surface area contributed by atoms with Crippen LogP contribution in [0.5, 0.6) is 0 Å². The minimum atomic E-state index is -3.21. The summed E-state index contributed by atoms with van der Waals surface area (Å²) in [4.78, 5) is 0.298. The molecule has 0 spiro atoms. The number of hydrogen-bond donors (Lipinski definition) is 1. The quantitative estimate of drug-likeness (QED) is 0.917. The Balaban J connectivity index is 2.33. The second kappa shape index (κ2) is 5.99. The zero-order valence-electron chi connectivity index (χ0n) is 11.6. The normalized spacial score (nSPS) is 13.3. The number of hydrogen-bond acceptors (Lipinski definition) is 6. The van der Waals surface area contributed by atoms with Crippen molar-refractivity contribution >= 4 is 21.2 Å². The summed E-state index contributed by atoms with van der Waals surface area (Å²) in [6.45, 7) is 4.92. The Bertz CT molecular complexity index is 695. The van der Waals surface area contributed by atoms with Crippen molar-refractivity contribution in [1.29, 1.82) is 0 Å². The van der Waals surface area contributed by atoms with Crippen molar-refractivity contribution in [2.75, 3.05) is 12.8 Å². The molecule has 0 radical (unpaired) electrons. The fourth-order valence-corrected chi connectivity index (χ4v) is 3.31. The summed E-state index contributed by atoms with van der Waals surface area (Å²) >= 11 is 1.47. The van der Waals surface area contributed by atoms with Gasteiger partial charge in [0.1, 0.15) is 10.0 Å². The van der Waals surface area contributed by atoms with E-state index < -0.39 is 9.84 Å². The van der Waals surface area contributed by atoms with Crippen molar-refractivity contribution in [3.05, 3.63) is 29.3 Å². The lowest BCUT2D eigenvalue weighted by Crippen LogP contribution is -2.17. The van der Waals surface area contributed by atoms with Crippen LogP contribution in [0.2, 0.25) is 0 Å². The highest BCUT2D eigenvalue weighted by Gasteiger charge is 2.14. The first-order chi connectivity index (χ1) is 9.41. The van der Waals surface area contributed by atoms with Gasteiger partial charge in [-0.25, -0.2) is 8.42 Å². The Hall–Kier alpha value is -1.31. The van der Waals surface area contributed by atoms with Crippen molar-refractivity contribution < 1.29 is 8.42 Å². The minimum Gasteiger partial charge on any atom is -0.308 e. The Morgan fingerprint density at radius 2 is 2.10 bits per heavy atom. The lowest BCUT2D eigenvalue weighted by molar-refractivity contribution is 0.590. The molecule has 1 aromatic heterocycles. The summed E-state index contributed by atoms with van der Waals surface area (Å²) < 4.78 is 23.1. The number of benzene rings is 1. The monoisotopic (exact) mass is 311 g/mol. The minimum absolute atomic E-state index is 0.143. The fourth-order valence-electron chi connectivity index (χ4n) is 1.78. The van der Waals surface area contributed by atoms with Gasteiger partial charge in [-0.2, -0.15) is 0 Å². The maximum Gasteiger partial charge on any atom is 0.175 e. The Morgan fingerprint density at radius 3 is 2.75 bits per heavy atom. The summed E-state index contributed by atoms with van der Waals surface area (Å²) in [5.41, 5.74) is 0.778. The highest BCUT2D eigenvalue weighted by Crippen LogP contribution is 2.28. The van der Waals surface area contributed by atoms with Crippen LogP contribution in [0, 0.1) is 0 Å². The van der Waals surface area contributed by atoms with Gasteiger partial charge >= 0.3 is 0 Å². The first-order valence-electron chi connectivity index (χ1n) is 6.29. The molecule has 1 unspecified atom stereocenters. The Morgan fingerprint density at radius 1 is 1.35 bits per heavy atom.